The van der Waals surface area contributed by atoms with Crippen molar-refractivity contribution >= 4 is 0 Å². The Hall–Kier alpha value is -0.0800. The molecule has 0 amide bonds. The van der Waals surface area contributed by atoms with Crippen molar-refractivity contribution in [1.82, 2.24) is 5.32 Å². The summed E-state index contributed by atoms with van der Waals surface area (Å²) in [6.07, 6.45) is 7.11. The molecule has 1 N–H and O–H groups in total. The molecule has 19 heavy (non-hydrogen) atoms. The van der Waals surface area contributed by atoms with E-state index in [1.807, 2.05) is 7.11 Å². The first-order chi connectivity index (χ1) is 9.27. The minimum Gasteiger partial charge on any atom is -0.385 e. The van der Waals surface area contributed by atoms with Gasteiger partial charge in [-0.1, -0.05) is 13.8 Å². The number of hydrogen-bond donors (Lipinski definition) is 1. The minimum atomic E-state index is 0.758. The molecule has 0 saturated heterocycles. The van der Waals surface area contributed by atoms with Crippen molar-refractivity contribution in [3.05, 3.63) is 0 Å². The summed E-state index contributed by atoms with van der Waals surface area (Å²) >= 11 is 0. The minimum absolute atomic E-state index is 0.758. The second-order valence-electron chi connectivity index (χ2n) is 7.30. The van der Waals surface area contributed by atoms with Crippen LogP contribution in [0.15, 0.2) is 0 Å². The van der Waals surface area contributed by atoms with Gasteiger partial charge in [0.1, 0.15) is 0 Å². The zero-order chi connectivity index (χ0) is 13.4. The lowest BCUT2D eigenvalue weighted by Gasteiger charge is -2.28. The number of ether oxygens (including phenoxy) is 1. The standard InChI is InChI=1S/C17H31NO/c1-4-8-18-17(11(2)7-9-19-3)16-14-12-5-6-13(10-12)15(14)16/h11-18H,4-10H2,1-3H3. The van der Waals surface area contributed by atoms with Gasteiger partial charge in [0.25, 0.3) is 0 Å². The zero-order valence-corrected chi connectivity index (χ0v) is 12.9. The van der Waals surface area contributed by atoms with Gasteiger partial charge in [-0.05, 0) is 74.2 Å². The highest BCUT2D eigenvalue weighted by Crippen LogP contribution is 2.70. The van der Waals surface area contributed by atoms with E-state index >= 15 is 0 Å². The predicted molar refractivity (Wildman–Crippen MR) is 79.0 cm³/mol. The first-order valence-electron chi connectivity index (χ1n) is 8.50. The van der Waals surface area contributed by atoms with Crippen molar-refractivity contribution in [2.24, 2.45) is 35.5 Å². The van der Waals surface area contributed by atoms with Crippen LogP contribution in [0.25, 0.3) is 0 Å². The first kappa shape index (κ1) is 13.9. The van der Waals surface area contributed by atoms with Crippen molar-refractivity contribution in [1.29, 1.82) is 0 Å². The average molecular weight is 265 g/mol. The van der Waals surface area contributed by atoms with Crippen LogP contribution in [0.3, 0.4) is 0 Å². The van der Waals surface area contributed by atoms with Crippen molar-refractivity contribution < 1.29 is 4.74 Å². The highest BCUT2D eigenvalue weighted by molar-refractivity contribution is 5.16. The second kappa shape index (κ2) is 5.73. The van der Waals surface area contributed by atoms with Gasteiger partial charge in [-0.15, -0.1) is 0 Å². The normalized spacial score (nSPS) is 42.2. The lowest BCUT2D eigenvalue weighted by atomic mass is 9.88. The van der Waals surface area contributed by atoms with Crippen LogP contribution in [-0.4, -0.2) is 26.3 Å². The molecule has 0 heterocycles. The molecule has 3 fully saturated rings. The summed E-state index contributed by atoms with van der Waals surface area (Å²) < 4.78 is 5.29. The van der Waals surface area contributed by atoms with Gasteiger partial charge in [-0.25, -0.2) is 0 Å². The smallest absolute Gasteiger partial charge is 0.0465 e. The van der Waals surface area contributed by atoms with Crippen LogP contribution in [0.4, 0.5) is 0 Å². The van der Waals surface area contributed by atoms with Gasteiger partial charge >= 0.3 is 0 Å². The molecule has 6 unspecified atom stereocenters. The molecule has 3 rings (SSSR count). The number of hydrogen-bond acceptors (Lipinski definition) is 2. The fraction of sp³-hybridized carbons (Fsp3) is 1.00. The molecule has 2 bridgehead atoms. The maximum absolute atomic E-state index is 5.29. The monoisotopic (exact) mass is 265 g/mol. The van der Waals surface area contributed by atoms with Crippen LogP contribution in [-0.2, 0) is 4.74 Å². The van der Waals surface area contributed by atoms with E-state index in [1.165, 1.54) is 32.2 Å². The Labute approximate surface area is 118 Å². The Morgan fingerprint density at radius 2 is 1.89 bits per heavy atom. The Morgan fingerprint density at radius 3 is 2.47 bits per heavy atom. The van der Waals surface area contributed by atoms with E-state index in [9.17, 15) is 0 Å². The number of rotatable bonds is 8. The van der Waals surface area contributed by atoms with Gasteiger partial charge in [0.15, 0.2) is 0 Å². The molecule has 3 aliphatic rings. The number of methoxy groups -OCH3 is 1. The molecular weight excluding hydrogens is 234 g/mol. The zero-order valence-electron chi connectivity index (χ0n) is 12.9. The molecule has 3 saturated carbocycles. The fourth-order valence-electron chi connectivity index (χ4n) is 5.38. The van der Waals surface area contributed by atoms with E-state index in [-0.39, 0.29) is 0 Å². The van der Waals surface area contributed by atoms with Gasteiger partial charge in [-0.2, -0.15) is 0 Å². The Bertz CT molecular complexity index is 290. The topological polar surface area (TPSA) is 21.3 Å². The largest absolute Gasteiger partial charge is 0.385 e. The first-order valence-corrected chi connectivity index (χ1v) is 8.50. The summed E-state index contributed by atoms with van der Waals surface area (Å²) in [5.74, 6) is 6.16. The highest BCUT2D eigenvalue weighted by Gasteiger charge is 2.66. The number of fused-ring (bicyclic) bond motifs is 5. The fourth-order valence-corrected chi connectivity index (χ4v) is 5.38. The molecule has 0 aromatic heterocycles. The third-order valence-corrected chi connectivity index (χ3v) is 6.23. The van der Waals surface area contributed by atoms with Crippen molar-refractivity contribution in [3.63, 3.8) is 0 Å². The van der Waals surface area contributed by atoms with E-state index in [0.29, 0.717) is 0 Å². The summed E-state index contributed by atoms with van der Waals surface area (Å²) in [7, 11) is 1.83. The summed E-state index contributed by atoms with van der Waals surface area (Å²) in [4.78, 5) is 0. The maximum atomic E-state index is 5.29. The third kappa shape index (κ3) is 2.47. The van der Waals surface area contributed by atoms with E-state index in [1.54, 1.807) is 6.42 Å². The molecule has 6 atom stereocenters. The van der Waals surface area contributed by atoms with Crippen molar-refractivity contribution in [2.75, 3.05) is 20.3 Å². The van der Waals surface area contributed by atoms with Crippen LogP contribution in [0.2, 0.25) is 0 Å². The van der Waals surface area contributed by atoms with Gasteiger partial charge in [0.05, 0.1) is 0 Å². The Morgan fingerprint density at radius 1 is 1.21 bits per heavy atom. The van der Waals surface area contributed by atoms with Crippen LogP contribution < -0.4 is 5.32 Å². The Balaban J connectivity index is 1.60. The lowest BCUT2D eigenvalue weighted by Crippen LogP contribution is -2.39. The van der Waals surface area contributed by atoms with Gasteiger partial charge in [0, 0.05) is 19.8 Å². The number of nitrogens with one attached hydrogen (secondary N) is 1. The molecule has 0 spiro atoms. The summed E-state index contributed by atoms with van der Waals surface area (Å²) in [5.41, 5.74) is 0. The highest BCUT2D eigenvalue weighted by atomic mass is 16.5. The quantitative estimate of drug-likeness (QED) is 0.727. The van der Waals surface area contributed by atoms with E-state index < -0.39 is 0 Å². The lowest BCUT2D eigenvalue weighted by molar-refractivity contribution is 0.162. The predicted octanol–water partition coefficient (Wildman–Crippen LogP) is 3.32. The van der Waals surface area contributed by atoms with Crippen LogP contribution >= 0.6 is 0 Å². The molecule has 3 aliphatic carbocycles. The molecule has 2 heteroatoms. The van der Waals surface area contributed by atoms with Crippen molar-refractivity contribution in [3.8, 4) is 0 Å². The average Bonchev–Trinajstić information content (AvgIpc) is 2.83. The van der Waals surface area contributed by atoms with Crippen LogP contribution in [0, 0.1) is 35.5 Å². The second-order valence-corrected chi connectivity index (χ2v) is 7.30. The van der Waals surface area contributed by atoms with Crippen molar-refractivity contribution in [2.45, 2.75) is 52.0 Å². The van der Waals surface area contributed by atoms with E-state index in [2.05, 4.69) is 19.2 Å². The summed E-state index contributed by atoms with van der Waals surface area (Å²) in [6, 6.07) is 0.758. The van der Waals surface area contributed by atoms with Crippen LogP contribution in [0.1, 0.15) is 46.0 Å². The van der Waals surface area contributed by atoms with Gasteiger partial charge < -0.3 is 10.1 Å². The van der Waals surface area contributed by atoms with E-state index in [0.717, 1.165) is 48.2 Å². The molecule has 2 nitrogen and oxygen atoms in total. The molecule has 0 aliphatic heterocycles. The van der Waals surface area contributed by atoms with Gasteiger partial charge in [-0.3, -0.25) is 0 Å². The maximum Gasteiger partial charge on any atom is 0.0465 e. The summed E-state index contributed by atoms with van der Waals surface area (Å²) in [5, 5.41) is 3.88. The van der Waals surface area contributed by atoms with Gasteiger partial charge in [0.2, 0.25) is 0 Å². The molecule has 0 radical (unpaired) electrons. The molecular formula is C17H31NO. The summed E-state index contributed by atoms with van der Waals surface area (Å²) in [6.45, 7) is 6.82. The van der Waals surface area contributed by atoms with E-state index in [4.69, 9.17) is 4.74 Å². The van der Waals surface area contributed by atoms with Crippen LogP contribution in [0.5, 0.6) is 0 Å². The molecule has 0 aromatic rings. The molecule has 110 valence electrons. The third-order valence-electron chi connectivity index (χ3n) is 6.23. The SMILES string of the molecule is CCCNC(C(C)CCOC)C1C2C3CCC(C3)C21. The Kier molecular flexibility index (Phi) is 4.19. The molecule has 0 aromatic carbocycles.